The summed E-state index contributed by atoms with van der Waals surface area (Å²) in [4.78, 5) is 2.94. The average molecular weight is 247 g/mol. The van der Waals surface area contributed by atoms with Crippen LogP contribution in [0.25, 0.3) is 6.08 Å². The van der Waals surface area contributed by atoms with Crippen molar-refractivity contribution in [3.63, 3.8) is 0 Å². The van der Waals surface area contributed by atoms with Crippen LogP contribution in [0.5, 0.6) is 0 Å². The lowest BCUT2D eigenvalue weighted by Gasteiger charge is -2.01. The van der Waals surface area contributed by atoms with E-state index in [-0.39, 0.29) is 1.43 Å². The highest BCUT2D eigenvalue weighted by molar-refractivity contribution is 7.12. The number of rotatable bonds is 4. The van der Waals surface area contributed by atoms with Crippen molar-refractivity contribution < 1.29 is 5.84 Å². The Morgan fingerprint density at radius 1 is 1.41 bits per heavy atom. The molecular weight excluding hydrogens is 230 g/mol. The van der Waals surface area contributed by atoms with Gasteiger partial charge in [0.1, 0.15) is 5.76 Å². The van der Waals surface area contributed by atoms with Crippen LogP contribution in [0, 0.1) is 0 Å². The number of hydrogen-bond donors (Lipinski definition) is 1. The van der Waals surface area contributed by atoms with Crippen molar-refractivity contribution in [2.24, 2.45) is 0 Å². The number of allylic oxidation sites excluding steroid dienone is 1. The summed E-state index contributed by atoms with van der Waals surface area (Å²) < 4.78 is 5.28. The van der Waals surface area contributed by atoms with Gasteiger partial charge in [-0.1, -0.05) is 12.2 Å². The highest BCUT2D eigenvalue weighted by Gasteiger charge is 2.09. The predicted octanol–water partition coefficient (Wildman–Crippen LogP) is 3.84. The van der Waals surface area contributed by atoms with Crippen molar-refractivity contribution in [2.75, 3.05) is 0 Å². The lowest BCUT2D eigenvalue weighted by molar-refractivity contribution is 0.483. The topological polar surface area (TPSA) is 25.2 Å². The van der Waals surface area contributed by atoms with Crippen molar-refractivity contribution in [1.29, 1.82) is 0 Å². The lowest BCUT2D eigenvalue weighted by Crippen LogP contribution is -2.10. The minimum atomic E-state index is 0. The maximum absolute atomic E-state index is 5.28. The van der Waals surface area contributed by atoms with Gasteiger partial charge in [0.05, 0.1) is 12.8 Å². The largest absolute Gasteiger partial charge is 0.468 e. The first-order valence-electron chi connectivity index (χ1n) is 5.93. The molecule has 0 atom stereocenters. The second-order valence-corrected chi connectivity index (χ2v) is 5.44. The van der Waals surface area contributed by atoms with Crippen LogP contribution in [0.2, 0.25) is 0 Å². The van der Waals surface area contributed by atoms with E-state index in [9.17, 15) is 0 Å². The molecule has 0 amide bonds. The standard InChI is InChI=1S/C14H15NOS.H2/c1-2-6-14-11(4-1)8-13(17-14)10-15-9-12-5-3-7-16-12;/h1,3-5,7-8,15H,2,6,9-10H2;1H. The lowest BCUT2D eigenvalue weighted by atomic mass is 10.1. The average Bonchev–Trinajstić information content (AvgIpc) is 2.96. The molecular formula is C14H17NOS. The molecule has 1 aliphatic rings. The second kappa shape index (κ2) is 4.90. The molecule has 2 aromatic heterocycles. The van der Waals surface area contributed by atoms with E-state index < -0.39 is 0 Å². The van der Waals surface area contributed by atoms with Crippen molar-refractivity contribution >= 4 is 17.4 Å². The highest BCUT2D eigenvalue weighted by Crippen LogP contribution is 2.28. The SMILES string of the molecule is C1=Cc2cc(CNCc3ccco3)sc2CC1.[HH]. The number of aryl methyl sites for hydroxylation is 1. The Kier molecular flexibility index (Phi) is 3.12. The molecule has 2 heterocycles. The zero-order chi connectivity index (χ0) is 11.5. The number of furan rings is 1. The van der Waals surface area contributed by atoms with Crippen LogP contribution in [0.3, 0.4) is 0 Å². The van der Waals surface area contributed by atoms with E-state index in [1.54, 1.807) is 6.26 Å². The fraction of sp³-hybridized carbons (Fsp3) is 0.286. The van der Waals surface area contributed by atoms with E-state index in [1.165, 1.54) is 28.2 Å². The third-order valence-corrected chi connectivity index (χ3v) is 4.12. The van der Waals surface area contributed by atoms with Crippen LogP contribution in [0.1, 0.15) is 28.9 Å². The van der Waals surface area contributed by atoms with Gasteiger partial charge >= 0.3 is 0 Å². The molecule has 0 saturated carbocycles. The maximum atomic E-state index is 5.28. The van der Waals surface area contributed by atoms with Gasteiger partial charge in [-0.2, -0.15) is 0 Å². The Hall–Kier alpha value is -1.32. The number of thiophene rings is 1. The summed E-state index contributed by atoms with van der Waals surface area (Å²) in [5, 5.41) is 3.41. The van der Waals surface area contributed by atoms with Crippen LogP contribution < -0.4 is 5.32 Å². The minimum Gasteiger partial charge on any atom is -0.468 e. The molecule has 0 aromatic carbocycles. The van der Waals surface area contributed by atoms with Crippen LogP contribution in [-0.4, -0.2) is 0 Å². The highest BCUT2D eigenvalue weighted by atomic mass is 32.1. The Bertz CT molecular complexity index is 516. The Morgan fingerprint density at radius 3 is 3.24 bits per heavy atom. The van der Waals surface area contributed by atoms with Gasteiger partial charge in [0.25, 0.3) is 0 Å². The van der Waals surface area contributed by atoms with Gasteiger partial charge < -0.3 is 9.73 Å². The molecule has 1 aliphatic carbocycles. The first-order chi connectivity index (χ1) is 8.42. The van der Waals surface area contributed by atoms with E-state index in [0.29, 0.717) is 0 Å². The van der Waals surface area contributed by atoms with Crippen molar-refractivity contribution in [1.82, 2.24) is 5.32 Å². The van der Waals surface area contributed by atoms with Gasteiger partial charge in [-0.25, -0.2) is 0 Å². The van der Waals surface area contributed by atoms with E-state index in [0.717, 1.165) is 18.8 Å². The third-order valence-electron chi connectivity index (χ3n) is 2.91. The van der Waals surface area contributed by atoms with Gasteiger partial charge in [0, 0.05) is 17.7 Å². The summed E-state index contributed by atoms with van der Waals surface area (Å²) in [7, 11) is 0. The minimum absolute atomic E-state index is 0. The van der Waals surface area contributed by atoms with Gasteiger partial charge in [-0.15, -0.1) is 11.3 Å². The first-order valence-corrected chi connectivity index (χ1v) is 6.75. The quantitative estimate of drug-likeness (QED) is 0.888. The molecule has 3 heteroatoms. The number of fused-ring (bicyclic) bond motifs is 1. The van der Waals surface area contributed by atoms with Gasteiger partial charge in [-0.05, 0) is 36.6 Å². The molecule has 0 spiro atoms. The van der Waals surface area contributed by atoms with Gasteiger partial charge in [0.2, 0.25) is 0 Å². The third kappa shape index (κ3) is 2.51. The summed E-state index contributed by atoms with van der Waals surface area (Å²) in [5.41, 5.74) is 1.41. The van der Waals surface area contributed by atoms with Crippen LogP contribution >= 0.6 is 11.3 Å². The first kappa shape index (κ1) is 10.8. The second-order valence-electron chi connectivity index (χ2n) is 4.22. The predicted molar refractivity (Wildman–Crippen MR) is 73.0 cm³/mol. The molecule has 3 rings (SSSR count). The Balaban J connectivity index is 0.00000120. The number of hydrogen-bond acceptors (Lipinski definition) is 3. The Labute approximate surface area is 106 Å². The molecule has 0 radical (unpaired) electrons. The van der Waals surface area contributed by atoms with E-state index >= 15 is 0 Å². The molecule has 90 valence electrons. The summed E-state index contributed by atoms with van der Waals surface area (Å²) in [6.07, 6.45) is 8.60. The molecule has 17 heavy (non-hydrogen) atoms. The molecule has 0 saturated heterocycles. The normalized spacial score (nSPS) is 13.9. The molecule has 0 unspecified atom stereocenters. The van der Waals surface area contributed by atoms with E-state index in [4.69, 9.17) is 4.42 Å². The van der Waals surface area contributed by atoms with Crippen LogP contribution in [-0.2, 0) is 19.5 Å². The zero-order valence-corrected chi connectivity index (χ0v) is 10.4. The molecule has 2 aromatic rings. The summed E-state index contributed by atoms with van der Waals surface area (Å²) in [6.45, 7) is 1.72. The summed E-state index contributed by atoms with van der Waals surface area (Å²) >= 11 is 1.93. The van der Waals surface area contributed by atoms with Gasteiger partial charge in [0.15, 0.2) is 0 Å². The fourth-order valence-electron chi connectivity index (χ4n) is 2.07. The Morgan fingerprint density at radius 2 is 2.41 bits per heavy atom. The van der Waals surface area contributed by atoms with Gasteiger partial charge in [-0.3, -0.25) is 0 Å². The smallest absolute Gasteiger partial charge is 0.117 e. The summed E-state index contributed by atoms with van der Waals surface area (Å²) in [5.74, 6) is 0.992. The van der Waals surface area contributed by atoms with E-state index in [2.05, 4.69) is 23.5 Å². The van der Waals surface area contributed by atoms with E-state index in [1.807, 2.05) is 23.5 Å². The summed E-state index contributed by atoms with van der Waals surface area (Å²) in [6, 6.07) is 6.21. The molecule has 0 bridgehead atoms. The van der Waals surface area contributed by atoms with Crippen LogP contribution in [0.4, 0.5) is 0 Å². The molecule has 0 fully saturated rings. The number of nitrogens with one attached hydrogen (secondary N) is 1. The zero-order valence-electron chi connectivity index (χ0n) is 9.61. The molecule has 1 N–H and O–H groups in total. The van der Waals surface area contributed by atoms with Crippen molar-refractivity contribution in [2.45, 2.75) is 25.9 Å². The maximum Gasteiger partial charge on any atom is 0.117 e. The van der Waals surface area contributed by atoms with Crippen molar-refractivity contribution in [3.05, 3.63) is 51.6 Å². The molecule has 0 aliphatic heterocycles. The molecule has 2 nitrogen and oxygen atoms in total. The van der Waals surface area contributed by atoms with Crippen molar-refractivity contribution in [3.8, 4) is 0 Å². The van der Waals surface area contributed by atoms with Crippen LogP contribution in [0.15, 0.2) is 35.0 Å². The fourth-order valence-corrected chi connectivity index (χ4v) is 3.21. The monoisotopic (exact) mass is 247 g/mol.